The smallest absolute Gasteiger partial charge is 0.155 e. The minimum Gasteiger partial charge on any atom is -0.497 e. The van der Waals surface area contributed by atoms with Crippen molar-refractivity contribution in [3.8, 4) is 17.2 Å². The summed E-state index contributed by atoms with van der Waals surface area (Å²) in [7, 11) is 4.85. The van der Waals surface area contributed by atoms with Gasteiger partial charge < -0.3 is 28.8 Å². The van der Waals surface area contributed by atoms with E-state index in [1.54, 1.807) is 21.3 Å². The molecule has 0 amide bonds. The molecule has 4 aromatic carbocycles. The Kier molecular flexibility index (Phi) is 8.09. The Morgan fingerprint density at radius 3 is 1.91 bits per heavy atom. The van der Waals surface area contributed by atoms with Crippen LogP contribution < -0.4 is 14.2 Å². The Labute approximate surface area is 256 Å². The fraction of sp³-hybridized carbons (Fsp3) is 0.189. The van der Waals surface area contributed by atoms with E-state index < -0.39 is 11.7 Å². The number of hydrogen-bond acceptors (Lipinski definition) is 7. The van der Waals surface area contributed by atoms with Gasteiger partial charge in [-0.1, -0.05) is 60.7 Å². The minimum atomic E-state index is -1.29. The van der Waals surface area contributed by atoms with Crippen LogP contribution in [0.5, 0.6) is 17.2 Å². The lowest BCUT2D eigenvalue weighted by atomic mass is 9.73. The van der Waals surface area contributed by atoms with Crippen LogP contribution in [0.2, 0.25) is 0 Å². The maximum Gasteiger partial charge on any atom is 0.155 e. The summed E-state index contributed by atoms with van der Waals surface area (Å²) >= 11 is 0. The molecule has 0 radical (unpaired) electrons. The molecule has 0 fully saturated rings. The van der Waals surface area contributed by atoms with Crippen LogP contribution in [0.15, 0.2) is 120 Å². The summed E-state index contributed by atoms with van der Waals surface area (Å²) in [4.78, 5) is 12.9. The number of ether oxygens (including phenoxy) is 5. The van der Waals surface area contributed by atoms with Crippen molar-refractivity contribution < 1.29 is 33.6 Å². The van der Waals surface area contributed by atoms with E-state index in [1.807, 2.05) is 103 Å². The molecule has 7 nitrogen and oxygen atoms in total. The molecule has 0 spiro atoms. The van der Waals surface area contributed by atoms with Gasteiger partial charge in [0, 0.05) is 11.1 Å². The molecular weight excluding hydrogens is 556 g/mol. The molecular formula is C37H32O7. The zero-order valence-electron chi connectivity index (χ0n) is 24.7. The number of aliphatic hydroxyl groups is 1. The van der Waals surface area contributed by atoms with E-state index in [9.17, 15) is 4.79 Å². The molecule has 2 aliphatic rings. The van der Waals surface area contributed by atoms with E-state index in [2.05, 4.69) is 5.94 Å². The highest BCUT2D eigenvalue weighted by molar-refractivity contribution is 5.89. The molecule has 6 rings (SSSR count). The summed E-state index contributed by atoms with van der Waals surface area (Å²) in [5, 5.41) is 9.14. The summed E-state index contributed by atoms with van der Waals surface area (Å²) < 4.78 is 29.7. The molecule has 1 aliphatic heterocycles. The third kappa shape index (κ3) is 4.87. The van der Waals surface area contributed by atoms with Crippen molar-refractivity contribution >= 4 is 11.5 Å². The quantitative estimate of drug-likeness (QED) is 0.233. The molecule has 0 aromatic heterocycles. The first-order valence-corrected chi connectivity index (χ1v) is 14.2. The molecule has 44 heavy (non-hydrogen) atoms. The third-order valence-corrected chi connectivity index (χ3v) is 8.07. The summed E-state index contributed by atoms with van der Waals surface area (Å²) in [6.45, 7) is 0.149. The van der Waals surface area contributed by atoms with E-state index in [0.29, 0.717) is 28.6 Å². The molecule has 1 atom stereocenters. The van der Waals surface area contributed by atoms with Gasteiger partial charge in [0.15, 0.2) is 5.60 Å². The summed E-state index contributed by atoms with van der Waals surface area (Å²) in [5.74, 6) is 4.85. The fourth-order valence-corrected chi connectivity index (χ4v) is 6.03. The Morgan fingerprint density at radius 1 is 0.773 bits per heavy atom. The molecule has 1 N–H and O–H groups in total. The largest absolute Gasteiger partial charge is 0.497 e. The first-order chi connectivity index (χ1) is 21.6. The van der Waals surface area contributed by atoms with Crippen molar-refractivity contribution in [2.75, 3.05) is 34.5 Å². The van der Waals surface area contributed by atoms with E-state index in [1.165, 1.54) is 0 Å². The van der Waals surface area contributed by atoms with E-state index in [0.717, 1.165) is 39.0 Å². The van der Waals surface area contributed by atoms with Crippen molar-refractivity contribution in [2.45, 2.75) is 11.7 Å². The van der Waals surface area contributed by atoms with Crippen LogP contribution in [-0.2, 0) is 19.9 Å². The van der Waals surface area contributed by atoms with Crippen molar-refractivity contribution in [1.82, 2.24) is 0 Å². The van der Waals surface area contributed by atoms with Gasteiger partial charge in [-0.3, -0.25) is 0 Å². The topological polar surface area (TPSA) is 83.5 Å². The maximum absolute atomic E-state index is 12.9. The predicted molar refractivity (Wildman–Crippen MR) is 166 cm³/mol. The normalized spacial score (nSPS) is 16.7. The molecule has 0 saturated carbocycles. The van der Waals surface area contributed by atoms with Crippen LogP contribution in [0.4, 0.5) is 0 Å². The number of fused-ring (bicyclic) bond motifs is 3. The first-order valence-electron chi connectivity index (χ1n) is 14.2. The first kappa shape index (κ1) is 29.0. The number of methoxy groups -OCH3 is 3. The molecule has 0 saturated heterocycles. The van der Waals surface area contributed by atoms with Crippen LogP contribution in [0.1, 0.15) is 33.9 Å². The van der Waals surface area contributed by atoms with Gasteiger partial charge in [0.1, 0.15) is 41.7 Å². The Morgan fingerprint density at radius 2 is 1.36 bits per heavy atom. The monoisotopic (exact) mass is 588 g/mol. The lowest BCUT2D eigenvalue weighted by Gasteiger charge is -2.44. The average molecular weight is 589 g/mol. The van der Waals surface area contributed by atoms with E-state index >= 15 is 0 Å². The third-order valence-electron chi connectivity index (χ3n) is 8.07. The highest BCUT2D eigenvalue weighted by Crippen LogP contribution is 2.55. The number of aliphatic hydroxyl groups excluding tert-OH is 1. The second-order valence-electron chi connectivity index (χ2n) is 10.3. The average Bonchev–Trinajstić information content (AvgIpc) is 3.09. The van der Waals surface area contributed by atoms with Crippen molar-refractivity contribution in [1.29, 1.82) is 0 Å². The highest BCUT2D eigenvalue weighted by Gasteiger charge is 2.49. The summed E-state index contributed by atoms with van der Waals surface area (Å²) in [6.07, 6.45) is 1.28. The second kappa shape index (κ2) is 12.3. The van der Waals surface area contributed by atoms with E-state index in [-0.39, 0.29) is 13.2 Å². The van der Waals surface area contributed by atoms with Gasteiger partial charge in [0.05, 0.1) is 33.5 Å². The van der Waals surface area contributed by atoms with Crippen molar-refractivity contribution in [2.24, 2.45) is 0 Å². The standard InChI is InChI=1S/C37H32O7/c1-40-28-16-10-25(11-17-28)37(26-12-18-29(41-2)19-13-26)27(23-39)22-33-35(44-37)32-7-5-4-6-31(32)34(36(33)42-3)24-8-14-30(15-9-24)43-21-20-38/h4-19,22,35,38H,20-21H2,1-3H3. The van der Waals surface area contributed by atoms with Gasteiger partial charge in [-0.2, -0.15) is 0 Å². The molecule has 4 aromatic rings. The predicted octanol–water partition coefficient (Wildman–Crippen LogP) is 6.19. The lowest BCUT2D eigenvalue weighted by molar-refractivity contribution is -0.0406. The van der Waals surface area contributed by atoms with Gasteiger partial charge in [0.2, 0.25) is 0 Å². The number of rotatable bonds is 9. The highest BCUT2D eigenvalue weighted by atomic mass is 16.5. The number of hydrogen-bond donors (Lipinski definition) is 1. The minimum absolute atomic E-state index is 0.0647. The molecule has 0 bridgehead atoms. The van der Waals surface area contributed by atoms with Gasteiger partial charge >= 0.3 is 0 Å². The Balaban J connectivity index is 1.58. The van der Waals surface area contributed by atoms with Crippen LogP contribution >= 0.6 is 0 Å². The van der Waals surface area contributed by atoms with Crippen molar-refractivity contribution in [3.63, 3.8) is 0 Å². The van der Waals surface area contributed by atoms with E-state index in [4.69, 9.17) is 28.8 Å². The van der Waals surface area contributed by atoms with Crippen LogP contribution in [0, 0.1) is 0 Å². The molecule has 222 valence electrons. The zero-order chi connectivity index (χ0) is 30.7. The lowest BCUT2D eigenvalue weighted by Crippen LogP contribution is -2.40. The van der Waals surface area contributed by atoms with Crippen LogP contribution in [-0.4, -0.2) is 45.6 Å². The summed E-state index contributed by atoms with van der Waals surface area (Å²) in [6, 6.07) is 30.7. The Bertz CT molecular complexity index is 1710. The Hall–Kier alpha value is -5.07. The van der Waals surface area contributed by atoms with Gasteiger partial charge in [-0.05, 0) is 70.3 Å². The molecule has 1 unspecified atom stereocenters. The second-order valence-corrected chi connectivity index (χ2v) is 10.3. The maximum atomic E-state index is 12.9. The number of carbonyl (C=O) groups excluding carboxylic acids is 1. The van der Waals surface area contributed by atoms with Crippen LogP contribution in [0.25, 0.3) is 5.57 Å². The van der Waals surface area contributed by atoms with Gasteiger partial charge in [0.25, 0.3) is 0 Å². The van der Waals surface area contributed by atoms with Gasteiger partial charge in [-0.15, -0.1) is 0 Å². The summed E-state index contributed by atoms with van der Waals surface area (Å²) in [5.41, 5.74) is 4.91. The zero-order valence-corrected chi connectivity index (χ0v) is 24.7. The molecule has 1 heterocycles. The van der Waals surface area contributed by atoms with Gasteiger partial charge in [-0.25, -0.2) is 4.79 Å². The number of benzene rings is 4. The SMILES string of the molecule is COC1=C(c2ccc(OCCO)cc2)c2ccccc2C2OC(c3ccc(OC)cc3)(c3ccc(OC)cc3)C(=C=O)C=C12. The fourth-order valence-electron chi connectivity index (χ4n) is 6.03. The van der Waals surface area contributed by atoms with Crippen LogP contribution in [0.3, 0.4) is 0 Å². The molecule has 1 aliphatic carbocycles. The molecule has 7 heteroatoms. The van der Waals surface area contributed by atoms with Crippen molar-refractivity contribution in [3.05, 3.63) is 148 Å².